The van der Waals surface area contributed by atoms with Crippen LogP contribution in [0.2, 0.25) is 5.02 Å². The van der Waals surface area contributed by atoms with Crippen LogP contribution >= 0.6 is 11.6 Å². The van der Waals surface area contributed by atoms with Gasteiger partial charge >= 0.3 is 0 Å². The number of hydrogen-bond acceptors (Lipinski definition) is 1. The lowest BCUT2D eigenvalue weighted by atomic mass is 10.2. The van der Waals surface area contributed by atoms with Crippen molar-refractivity contribution in [1.82, 2.24) is 0 Å². The summed E-state index contributed by atoms with van der Waals surface area (Å²) in [7, 11) is 0. The van der Waals surface area contributed by atoms with Crippen molar-refractivity contribution < 1.29 is 13.5 Å². The van der Waals surface area contributed by atoms with Gasteiger partial charge in [0.25, 0.3) is 0 Å². The standard InChI is InChI=1S/C8H7ClF2O/c1-5-7(12-4-10)3-2-6(9)8(5)11/h2-3H,4H2,1H3. The number of halogens is 3. The molecule has 0 aromatic heterocycles. The highest BCUT2D eigenvalue weighted by atomic mass is 35.5. The van der Waals surface area contributed by atoms with E-state index in [2.05, 4.69) is 4.74 Å². The van der Waals surface area contributed by atoms with E-state index in [0.29, 0.717) is 0 Å². The third kappa shape index (κ3) is 1.67. The molecule has 0 N–H and O–H groups in total. The van der Waals surface area contributed by atoms with Gasteiger partial charge in [0, 0.05) is 5.56 Å². The summed E-state index contributed by atoms with van der Waals surface area (Å²) < 4.78 is 29.2. The van der Waals surface area contributed by atoms with E-state index < -0.39 is 12.7 Å². The fraction of sp³-hybridized carbons (Fsp3) is 0.250. The van der Waals surface area contributed by atoms with Gasteiger partial charge in [-0.2, -0.15) is 0 Å². The van der Waals surface area contributed by atoms with Crippen LogP contribution in [-0.4, -0.2) is 6.86 Å². The fourth-order valence-corrected chi connectivity index (χ4v) is 1.05. The highest BCUT2D eigenvalue weighted by Crippen LogP contribution is 2.26. The quantitative estimate of drug-likeness (QED) is 0.700. The average molecular weight is 193 g/mol. The molecule has 12 heavy (non-hydrogen) atoms. The number of ether oxygens (including phenoxy) is 1. The first-order valence-electron chi connectivity index (χ1n) is 3.30. The van der Waals surface area contributed by atoms with Crippen LogP contribution in [0.1, 0.15) is 5.56 Å². The molecule has 0 bridgehead atoms. The van der Waals surface area contributed by atoms with Crippen LogP contribution in [0.5, 0.6) is 5.75 Å². The summed E-state index contributed by atoms with van der Waals surface area (Å²) in [6.07, 6.45) is 0. The first-order valence-corrected chi connectivity index (χ1v) is 3.68. The number of rotatable bonds is 2. The second-order valence-corrected chi connectivity index (χ2v) is 2.65. The van der Waals surface area contributed by atoms with Gasteiger partial charge < -0.3 is 4.74 Å². The van der Waals surface area contributed by atoms with Gasteiger partial charge in [-0.05, 0) is 19.1 Å². The van der Waals surface area contributed by atoms with Gasteiger partial charge in [-0.25, -0.2) is 8.78 Å². The van der Waals surface area contributed by atoms with E-state index in [9.17, 15) is 8.78 Å². The molecule has 1 nitrogen and oxygen atoms in total. The number of alkyl halides is 1. The maximum absolute atomic E-state index is 13.0. The largest absolute Gasteiger partial charge is 0.463 e. The molecule has 0 unspecified atom stereocenters. The Morgan fingerprint density at radius 1 is 1.50 bits per heavy atom. The van der Waals surface area contributed by atoms with Gasteiger partial charge in [0.05, 0.1) is 5.02 Å². The third-order valence-electron chi connectivity index (χ3n) is 1.50. The van der Waals surface area contributed by atoms with Gasteiger partial charge in [0.1, 0.15) is 11.6 Å². The van der Waals surface area contributed by atoms with E-state index in [1.807, 2.05) is 0 Å². The van der Waals surface area contributed by atoms with Crippen LogP contribution < -0.4 is 4.74 Å². The Labute approximate surface area is 73.9 Å². The normalized spacial score (nSPS) is 10.0. The van der Waals surface area contributed by atoms with Crippen molar-refractivity contribution in [2.45, 2.75) is 6.92 Å². The zero-order chi connectivity index (χ0) is 9.14. The summed E-state index contributed by atoms with van der Waals surface area (Å²) in [6, 6.07) is 2.76. The zero-order valence-corrected chi connectivity index (χ0v) is 7.16. The molecular weight excluding hydrogens is 186 g/mol. The van der Waals surface area contributed by atoms with E-state index in [4.69, 9.17) is 11.6 Å². The topological polar surface area (TPSA) is 9.23 Å². The summed E-state index contributed by atoms with van der Waals surface area (Å²) in [5, 5.41) is 0.0127. The lowest BCUT2D eigenvalue weighted by Gasteiger charge is -2.06. The Bertz CT molecular complexity index is 289. The summed E-state index contributed by atoms with van der Waals surface area (Å²) >= 11 is 5.46. The molecule has 66 valence electrons. The SMILES string of the molecule is Cc1c(OCF)ccc(Cl)c1F. The number of hydrogen-bond donors (Lipinski definition) is 0. The van der Waals surface area contributed by atoms with Gasteiger partial charge in [0.15, 0.2) is 0 Å². The second kappa shape index (κ2) is 3.72. The summed E-state index contributed by atoms with van der Waals surface area (Å²) in [6.45, 7) is 0.508. The highest BCUT2D eigenvalue weighted by Gasteiger charge is 2.08. The monoisotopic (exact) mass is 192 g/mol. The lowest BCUT2D eigenvalue weighted by Crippen LogP contribution is -1.95. The van der Waals surface area contributed by atoms with E-state index in [1.54, 1.807) is 0 Å². The molecular formula is C8H7ClF2O. The molecule has 1 rings (SSSR count). The van der Waals surface area contributed by atoms with Crippen molar-refractivity contribution in [1.29, 1.82) is 0 Å². The maximum atomic E-state index is 13.0. The molecule has 0 spiro atoms. The number of benzene rings is 1. The molecule has 0 aliphatic heterocycles. The Morgan fingerprint density at radius 2 is 2.17 bits per heavy atom. The molecule has 1 aromatic carbocycles. The Morgan fingerprint density at radius 3 is 2.75 bits per heavy atom. The van der Waals surface area contributed by atoms with Crippen molar-refractivity contribution in [2.75, 3.05) is 6.86 Å². The van der Waals surface area contributed by atoms with Crippen LogP contribution in [0.15, 0.2) is 12.1 Å². The average Bonchev–Trinajstić information content (AvgIpc) is 2.07. The smallest absolute Gasteiger partial charge is 0.228 e. The summed E-state index contributed by atoms with van der Waals surface area (Å²) in [4.78, 5) is 0. The highest BCUT2D eigenvalue weighted by molar-refractivity contribution is 6.30. The van der Waals surface area contributed by atoms with Gasteiger partial charge in [0.2, 0.25) is 6.86 Å². The molecule has 0 heterocycles. The molecule has 0 aliphatic carbocycles. The van der Waals surface area contributed by atoms with Crippen LogP contribution in [0, 0.1) is 12.7 Å². The van der Waals surface area contributed by atoms with Crippen molar-refractivity contribution in [3.8, 4) is 5.75 Å². The molecule has 0 fully saturated rings. The van der Waals surface area contributed by atoms with Crippen LogP contribution in [0.4, 0.5) is 8.78 Å². The fourth-order valence-electron chi connectivity index (χ4n) is 0.849. The summed E-state index contributed by atoms with van der Waals surface area (Å²) in [5.74, 6) is -0.387. The molecule has 0 aliphatic rings. The molecule has 0 amide bonds. The van der Waals surface area contributed by atoms with Gasteiger partial charge in [-0.1, -0.05) is 11.6 Å². The van der Waals surface area contributed by atoms with Gasteiger partial charge in [-0.15, -0.1) is 0 Å². The zero-order valence-electron chi connectivity index (χ0n) is 6.40. The molecule has 4 heteroatoms. The van der Waals surface area contributed by atoms with E-state index in [-0.39, 0.29) is 16.3 Å². The van der Waals surface area contributed by atoms with Crippen molar-refractivity contribution in [3.05, 3.63) is 28.5 Å². The van der Waals surface area contributed by atoms with Crippen LogP contribution in [0.25, 0.3) is 0 Å². The Hall–Kier alpha value is -0.830. The molecule has 1 aromatic rings. The van der Waals surface area contributed by atoms with E-state index in [0.717, 1.165) is 0 Å². The Balaban J connectivity index is 3.08. The minimum atomic E-state index is -0.970. The lowest BCUT2D eigenvalue weighted by molar-refractivity contribution is 0.190. The molecule has 0 saturated carbocycles. The third-order valence-corrected chi connectivity index (χ3v) is 1.79. The first-order chi connectivity index (χ1) is 5.66. The maximum Gasteiger partial charge on any atom is 0.228 e. The van der Waals surface area contributed by atoms with E-state index >= 15 is 0 Å². The van der Waals surface area contributed by atoms with Gasteiger partial charge in [-0.3, -0.25) is 0 Å². The Kier molecular flexibility index (Phi) is 2.87. The minimum Gasteiger partial charge on any atom is -0.463 e. The van der Waals surface area contributed by atoms with Crippen molar-refractivity contribution in [2.24, 2.45) is 0 Å². The van der Waals surface area contributed by atoms with Crippen LogP contribution in [-0.2, 0) is 0 Å². The molecule has 0 atom stereocenters. The molecule has 0 saturated heterocycles. The van der Waals surface area contributed by atoms with Crippen LogP contribution in [0.3, 0.4) is 0 Å². The molecule has 0 radical (unpaired) electrons. The van der Waals surface area contributed by atoms with E-state index in [1.165, 1.54) is 19.1 Å². The van der Waals surface area contributed by atoms with Crippen molar-refractivity contribution >= 4 is 11.6 Å². The van der Waals surface area contributed by atoms with Crippen molar-refractivity contribution in [3.63, 3.8) is 0 Å². The predicted octanol–water partition coefficient (Wildman–Crippen LogP) is 3.09. The predicted molar refractivity (Wildman–Crippen MR) is 42.8 cm³/mol. The second-order valence-electron chi connectivity index (χ2n) is 2.24. The minimum absolute atomic E-state index is 0.0127. The first kappa shape index (κ1) is 9.26. The summed E-state index contributed by atoms with van der Waals surface area (Å²) in [5.41, 5.74) is 0.222.